The Hall–Kier alpha value is -2.27. The maximum atomic E-state index is 5.89. The molecule has 0 radical (unpaired) electrons. The Bertz CT molecular complexity index is 688. The van der Waals surface area contributed by atoms with Gasteiger partial charge in [-0.25, -0.2) is 4.98 Å². The van der Waals surface area contributed by atoms with Gasteiger partial charge in [0.2, 0.25) is 5.89 Å². The molecular weight excluding hydrogens is 254 g/mol. The number of hydrogen-bond acceptors (Lipinski definition) is 5. The first-order chi connectivity index (χ1) is 9.76. The highest BCUT2D eigenvalue weighted by Gasteiger charge is 2.12. The summed E-state index contributed by atoms with van der Waals surface area (Å²) >= 11 is 0. The van der Waals surface area contributed by atoms with E-state index in [1.54, 1.807) is 6.26 Å². The number of nitrogens with two attached hydrogens (primary N) is 1. The highest BCUT2D eigenvalue weighted by Crippen LogP contribution is 2.22. The molecule has 2 heterocycles. The van der Waals surface area contributed by atoms with Gasteiger partial charge in [0, 0.05) is 0 Å². The first-order valence-electron chi connectivity index (χ1n) is 6.65. The second kappa shape index (κ2) is 5.38. The minimum atomic E-state index is 0.630. The lowest BCUT2D eigenvalue weighted by molar-refractivity contribution is 0.226. The first-order valence-corrected chi connectivity index (χ1v) is 6.65. The average Bonchev–Trinajstić information content (AvgIpc) is 3.07. The standard InChI is InChI=1S/C15H17N3O2/c1-2-18(9-11-5-4-8-19-11)10-14-17-15-12(16)6-3-7-13(15)20-14/h3-8H,2,9-10,16H2,1H3. The van der Waals surface area contributed by atoms with Crippen LogP contribution in [0.5, 0.6) is 0 Å². The first kappa shape index (κ1) is 12.7. The Labute approximate surface area is 117 Å². The summed E-state index contributed by atoms with van der Waals surface area (Å²) in [5.41, 5.74) is 8.00. The molecule has 3 aromatic rings. The summed E-state index contributed by atoms with van der Waals surface area (Å²) in [6.45, 7) is 4.35. The molecular formula is C15H17N3O2. The van der Waals surface area contributed by atoms with E-state index < -0.39 is 0 Å². The number of furan rings is 1. The molecule has 0 amide bonds. The quantitative estimate of drug-likeness (QED) is 0.722. The lowest BCUT2D eigenvalue weighted by Gasteiger charge is -2.16. The van der Waals surface area contributed by atoms with Crippen molar-refractivity contribution in [2.45, 2.75) is 20.0 Å². The van der Waals surface area contributed by atoms with Crippen molar-refractivity contribution in [1.29, 1.82) is 0 Å². The SMILES string of the molecule is CCN(Cc1ccco1)Cc1nc2c(N)cccc2o1. The molecule has 0 aliphatic heterocycles. The topological polar surface area (TPSA) is 68.4 Å². The van der Waals surface area contributed by atoms with Crippen molar-refractivity contribution >= 4 is 16.8 Å². The third kappa shape index (κ3) is 2.53. The summed E-state index contributed by atoms with van der Waals surface area (Å²) in [5.74, 6) is 1.61. The highest BCUT2D eigenvalue weighted by molar-refractivity contribution is 5.85. The predicted molar refractivity (Wildman–Crippen MR) is 76.9 cm³/mol. The zero-order valence-corrected chi connectivity index (χ0v) is 11.4. The van der Waals surface area contributed by atoms with Crippen molar-refractivity contribution in [1.82, 2.24) is 9.88 Å². The van der Waals surface area contributed by atoms with Crippen LogP contribution in [0.15, 0.2) is 45.4 Å². The number of fused-ring (bicyclic) bond motifs is 1. The number of anilines is 1. The summed E-state index contributed by atoms with van der Waals surface area (Å²) in [4.78, 5) is 6.66. The van der Waals surface area contributed by atoms with Gasteiger partial charge in [-0.2, -0.15) is 0 Å². The monoisotopic (exact) mass is 271 g/mol. The second-order valence-electron chi connectivity index (χ2n) is 4.68. The van der Waals surface area contributed by atoms with Crippen LogP contribution in [0.2, 0.25) is 0 Å². The third-order valence-corrected chi connectivity index (χ3v) is 3.26. The molecule has 2 aromatic heterocycles. The normalized spacial score (nSPS) is 11.5. The summed E-state index contributed by atoms with van der Waals surface area (Å²) in [6, 6.07) is 9.43. The van der Waals surface area contributed by atoms with E-state index in [9.17, 15) is 0 Å². The molecule has 0 saturated heterocycles. The molecule has 3 rings (SSSR count). The Morgan fingerprint density at radius 1 is 1.20 bits per heavy atom. The fourth-order valence-corrected chi connectivity index (χ4v) is 2.18. The van der Waals surface area contributed by atoms with E-state index in [4.69, 9.17) is 14.6 Å². The van der Waals surface area contributed by atoms with Crippen molar-refractivity contribution in [2.24, 2.45) is 0 Å². The predicted octanol–water partition coefficient (Wildman–Crippen LogP) is 3.03. The van der Waals surface area contributed by atoms with E-state index in [1.165, 1.54) is 0 Å². The lowest BCUT2D eigenvalue weighted by atomic mass is 10.3. The molecule has 20 heavy (non-hydrogen) atoms. The molecule has 0 aliphatic rings. The van der Waals surface area contributed by atoms with E-state index >= 15 is 0 Å². The van der Waals surface area contributed by atoms with Crippen LogP contribution in [0.1, 0.15) is 18.6 Å². The number of oxazole rings is 1. The molecule has 0 aliphatic carbocycles. The van der Waals surface area contributed by atoms with Crippen LogP contribution in [0.4, 0.5) is 5.69 Å². The zero-order chi connectivity index (χ0) is 13.9. The molecule has 104 valence electrons. The number of benzene rings is 1. The van der Waals surface area contributed by atoms with Gasteiger partial charge in [-0.1, -0.05) is 13.0 Å². The lowest BCUT2D eigenvalue weighted by Crippen LogP contribution is -2.22. The fourth-order valence-electron chi connectivity index (χ4n) is 2.18. The Kier molecular flexibility index (Phi) is 3.43. The van der Waals surface area contributed by atoms with Crippen LogP contribution < -0.4 is 5.73 Å². The summed E-state index contributed by atoms with van der Waals surface area (Å²) in [6.07, 6.45) is 1.68. The van der Waals surface area contributed by atoms with Crippen molar-refractivity contribution in [3.8, 4) is 0 Å². The van der Waals surface area contributed by atoms with E-state index in [1.807, 2.05) is 30.3 Å². The van der Waals surface area contributed by atoms with Crippen molar-refractivity contribution in [3.63, 3.8) is 0 Å². The molecule has 5 heteroatoms. The highest BCUT2D eigenvalue weighted by atomic mass is 16.3. The number of para-hydroxylation sites is 1. The summed E-state index contributed by atoms with van der Waals surface area (Å²) in [7, 11) is 0. The van der Waals surface area contributed by atoms with E-state index in [-0.39, 0.29) is 0 Å². The van der Waals surface area contributed by atoms with E-state index in [2.05, 4.69) is 16.8 Å². The summed E-state index contributed by atoms with van der Waals surface area (Å²) < 4.78 is 11.1. The number of aromatic nitrogens is 1. The van der Waals surface area contributed by atoms with Crippen LogP contribution in [-0.2, 0) is 13.1 Å². The molecule has 1 aromatic carbocycles. The van der Waals surface area contributed by atoms with Gasteiger partial charge in [0.1, 0.15) is 11.3 Å². The third-order valence-electron chi connectivity index (χ3n) is 3.26. The maximum Gasteiger partial charge on any atom is 0.209 e. The van der Waals surface area contributed by atoms with Gasteiger partial charge in [-0.05, 0) is 30.8 Å². The largest absolute Gasteiger partial charge is 0.468 e. The van der Waals surface area contributed by atoms with Gasteiger partial charge in [0.25, 0.3) is 0 Å². The van der Waals surface area contributed by atoms with Gasteiger partial charge < -0.3 is 14.6 Å². The number of nitrogens with zero attached hydrogens (tertiary/aromatic N) is 2. The molecule has 0 fully saturated rings. The second-order valence-corrected chi connectivity index (χ2v) is 4.68. The van der Waals surface area contributed by atoms with Crippen molar-refractivity contribution < 1.29 is 8.83 Å². The molecule has 0 atom stereocenters. The van der Waals surface area contributed by atoms with E-state index in [0.717, 1.165) is 29.9 Å². The Morgan fingerprint density at radius 2 is 2.10 bits per heavy atom. The maximum absolute atomic E-state index is 5.89. The molecule has 0 bridgehead atoms. The number of hydrogen-bond donors (Lipinski definition) is 1. The fraction of sp³-hybridized carbons (Fsp3) is 0.267. The molecule has 0 saturated carbocycles. The Morgan fingerprint density at radius 3 is 2.80 bits per heavy atom. The number of nitrogen functional groups attached to an aromatic ring is 1. The van der Waals surface area contributed by atoms with Gasteiger partial charge in [-0.15, -0.1) is 0 Å². The van der Waals surface area contributed by atoms with Gasteiger partial charge in [0.05, 0.1) is 25.0 Å². The minimum Gasteiger partial charge on any atom is -0.468 e. The van der Waals surface area contributed by atoms with Gasteiger partial charge >= 0.3 is 0 Å². The van der Waals surface area contributed by atoms with Crippen LogP contribution in [-0.4, -0.2) is 16.4 Å². The zero-order valence-electron chi connectivity index (χ0n) is 11.4. The average molecular weight is 271 g/mol. The summed E-state index contributed by atoms with van der Waals surface area (Å²) in [5, 5.41) is 0. The molecule has 0 unspecified atom stereocenters. The molecule has 5 nitrogen and oxygen atoms in total. The van der Waals surface area contributed by atoms with Crippen LogP contribution in [0.25, 0.3) is 11.1 Å². The van der Waals surface area contributed by atoms with Crippen LogP contribution >= 0.6 is 0 Å². The number of rotatable bonds is 5. The van der Waals surface area contributed by atoms with Crippen molar-refractivity contribution in [2.75, 3.05) is 12.3 Å². The van der Waals surface area contributed by atoms with Crippen LogP contribution in [0.3, 0.4) is 0 Å². The van der Waals surface area contributed by atoms with Crippen molar-refractivity contribution in [3.05, 3.63) is 48.2 Å². The van der Waals surface area contributed by atoms with Crippen LogP contribution in [0, 0.1) is 0 Å². The molecule has 2 N–H and O–H groups in total. The van der Waals surface area contributed by atoms with E-state index in [0.29, 0.717) is 18.1 Å². The van der Waals surface area contributed by atoms with Gasteiger partial charge in [-0.3, -0.25) is 4.90 Å². The smallest absolute Gasteiger partial charge is 0.209 e. The molecule has 0 spiro atoms. The minimum absolute atomic E-state index is 0.630. The Balaban J connectivity index is 1.78. The van der Waals surface area contributed by atoms with Gasteiger partial charge in [0.15, 0.2) is 5.58 Å².